The quantitative estimate of drug-likeness (QED) is 0.482. The molecule has 0 aliphatic rings. The Balaban J connectivity index is 1.89. The summed E-state index contributed by atoms with van der Waals surface area (Å²) < 4.78 is 27.3. The topological polar surface area (TPSA) is 96.9 Å². The lowest BCUT2D eigenvalue weighted by Crippen LogP contribution is -2.04. The lowest BCUT2D eigenvalue weighted by atomic mass is 10.3. The average Bonchev–Trinajstić information content (AvgIpc) is 3.11. The van der Waals surface area contributed by atoms with Gasteiger partial charge in [0.15, 0.2) is 0 Å². The van der Waals surface area contributed by atoms with Crippen LogP contribution in [0.3, 0.4) is 0 Å². The molecule has 0 bridgehead atoms. The Labute approximate surface area is 167 Å². The van der Waals surface area contributed by atoms with Crippen LogP contribution in [0.4, 0.5) is 11.5 Å². The molecule has 144 valence electrons. The predicted octanol–water partition coefficient (Wildman–Crippen LogP) is 4.83. The van der Waals surface area contributed by atoms with Gasteiger partial charge in [-0.05, 0) is 36.4 Å². The first-order chi connectivity index (χ1) is 14.1. The van der Waals surface area contributed by atoms with Crippen molar-refractivity contribution in [1.82, 2.24) is 9.78 Å². The third-order valence-electron chi connectivity index (χ3n) is 4.13. The molecule has 0 spiro atoms. The van der Waals surface area contributed by atoms with Gasteiger partial charge in [-0.1, -0.05) is 54.6 Å². The molecule has 0 atom stereocenters. The monoisotopic (exact) mass is 404 g/mol. The second kappa shape index (κ2) is 7.69. The first-order valence-electron chi connectivity index (χ1n) is 8.72. The smallest absolute Gasteiger partial charge is 0.229 e. The number of nitrogens with zero attached hydrogens (tertiary/aromatic N) is 4. The van der Waals surface area contributed by atoms with Crippen molar-refractivity contribution in [2.45, 2.75) is 9.92 Å². The van der Waals surface area contributed by atoms with Crippen molar-refractivity contribution in [3.63, 3.8) is 0 Å². The molecule has 0 saturated heterocycles. The minimum absolute atomic E-state index is 0.0274. The second-order valence-electron chi connectivity index (χ2n) is 6.08. The van der Waals surface area contributed by atoms with Gasteiger partial charge in [0.1, 0.15) is 0 Å². The van der Waals surface area contributed by atoms with E-state index in [4.69, 9.17) is 0 Å². The highest BCUT2D eigenvalue weighted by Gasteiger charge is 2.30. The van der Waals surface area contributed by atoms with E-state index < -0.39 is 20.6 Å². The van der Waals surface area contributed by atoms with Crippen LogP contribution in [0.2, 0.25) is 0 Å². The number of sulfone groups is 1. The van der Waals surface area contributed by atoms with Gasteiger partial charge in [0.05, 0.1) is 16.3 Å². The van der Waals surface area contributed by atoms with E-state index >= 15 is 0 Å². The van der Waals surface area contributed by atoms with Crippen LogP contribution >= 0.6 is 0 Å². The lowest BCUT2D eigenvalue weighted by Gasteiger charge is -2.02. The summed E-state index contributed by atoms with van der Waals surface area (Å²) in [6.07, 6.45) is 0. The summed E-state index contributed by atoms with van der Waals surface area (Å²) in [5.74, 6) is -0.632. The SMILES string of the molecule is O=S(=O)(c1ccccc1)c1nn(-c2ccccc2)c(N=Nc2ccccc2)c1O. The normalized spacial score (nSPS) is 11.7. The van der Waals surface area contributed by atoms with Gasteiger partial charge >= 0.3 is 0 Å². The van der Waals surface area contributed by atoms with E-state index in [9.17, 15) is 13.5 Å². The molecule has 0 unspecified atom stereocenters. The highest BCUT2D eigenvalue weighted by Crippen LogP contribution is 2.38. The predicted molar refractivity (Wildman–Crippen MR) is 108 cm³/mol. The van der Waals surface area contributed by atoms with Crippen molar-refractivity contribution in [2.24, 2.45) is 10.2 Å². The van der Waals surface area contributed by atoms with E-state index in [1.165, 1.54) is 16.8 Å². The van der Waals surface area contributed by atoms with E-state index in [2.05, 4.69) is 15.3 Å². The zero-order chi connectivity index (χ0) is 20.3. The molecule has 0 fully saturated rings. The molecule has 7 nitrogen and oxygen atoms in total. The van der Waals surface area contributed by atoms with Crippen LogP contribution < -0.4 is 0 Å². The van der Waals surface area contributed by atoms with Gasteiger partial charge in [-0.25, -0.2) is 13.1 Å². The number of aromatic hydroxyl groups is 1. The van der Waals surface area contributed by atoms with Gasteiger partial charge in [-0.2, -0.15) is 0 Å². The summed E-state index contributed by atoms with van der Waals surface area (Å²) in [5.41, 5.74) is 1.10. The van der Waals surface area contributed by atoms with Crippen molar-refractivity contribution >= 4 is 21.3 Å². The van der Waals surface area contributed by atoms with Crippen molar-refractivity contribution in [2.75, 3.05) is 0 Å². The number of benzene rings is 3. The molecule has 0 amide bonds. The molecular weight excluding hydrogens is 388 g/mol. The summed E-state index contributed by atoms with van der Waals surface area (Å²) in [4.78, 5) is 0.0274. The number of hydrogen-bond acceptors (Lipinski definition) is 6. The lowest BCUT2D eigenvalue weighted by molar-refractivity contribution is 0.459. The third kappa shape index (κ3) is 3.65. The van der Waals surface area contributed by atoms with Crippen LogP contribution in [-0.4, -0.2) is 23.3 Å². The van der Waals surface area contributed by atoms with Gasteiger partial charge in [-0.15, -0.1) is 15.3 Å². The van der Waals surface area contributed by atoms with Crippen LogP contribution in [0.25, 0.3) is 5.69 Å². The van der Waals surface area contributed by atoms with E-state index in [-0.39, 0.29) is 10.7 Å². The van der Waals surface area contributed by atoms with E-state index in [0.717, 1.165) is 0 Å². The van der Waals surface area contributed by atoms with E-state index in [0.29, 0.717) is 11.4 Å². The molecule has 0 saturated carbocycles. The zero-order valence-corrected chi connectivity index (χ0v) is 15.9. The number of rotatable bonds is 5. The zero-order valence-electron chi connectivity index (χ0n) is 15.1. The Morgan fingerprint density at radius 2 is 1.31 bits per heavy atom. The summed E-state index contributed by atoms with van der Waals surface area (Å²) in [6.45, 7) is 0. The fraction of sp³-hybridized carbons (Fsp3) is 0. The fourth-order valence-corrected chi connectivity index (χ4v) is 3.99. The van der Waals surface area contributed by atoms with Crippen molar-refractivity contribution in [3.05, 3.63) is 91.0 Å². The summed E-state index contributed by atoms with van der Waals surface area (Å²) >= 11 is 0. The van der Waals surface area contributed by atoms with Crippen LogP contribution in [0.5, 0.6) is 5.75 Å². The van der Waals surface area contributed by atoms with Crippen LogP contribution in [0.15, 0.2) is 111 Å². The molecule has 3 aromatic carbocycles. The van der Waals surface area contributed by atoms with Gasteiger partial charge in [0, 0.05) is 0 Å². The highest BCUT2D eigenvalue weighted by molar-refractivity contribution is 7.91. The van der Waals surface area contributed by atoms with Crippen LogP contribution in [-0.2, 0) is 9.84 Å². The summed E-state index contributed by atoms with van der Waals surface area (Å²) in [5, 5.41) is 22.6. The maximum absolute atomic E-state index is 13.0. The van der Waals surface area contributed by atoms with Crippen molar-refractivity contribution < 1.29 is 13.5 Å². The number of hydrogen-bond donors (Lipinski definition) is 1. The molecule has 0 aliphatic carbocycles. The summed E-state index contributed by atoms with van der Waals surface area (Å²) in [6, 6.07) is 25.6. The Kier molecular flexibility index (Phi) is 4.92. The van der Waals surface area contributed by atoms with Crippen molar-refractivity contribution in [1.29, 1.82) is 0 Å². The Morgan fingerprint density at radius 3 is 1.93 bits per heavy atom. The average molecular weight is 404 g/mol. The van der Waals surface area contributed by atoms with Crippen LogP contribution in [0.1, 0.15) is 0 Å². The molecule has 29 heavy (non-hydrogen) atoms. The number of aromatic nitrogens is 2. The Morgan fingerprint density at radius 1 is 0.759 bits per heavy atom. The Hall–Kier alpha value is -3.78. The minimum atomic E-state index is -4.05. The molecule has 8 heteroatoms. The molecular formula is C21H16N4O3S. The van der Waals surface area contributed by atoms with E-state index in [1.807, 2.05) is 12.1 Å². The molecule has 0 radical (unpaired) electrons. The Bertz CT molecular complexity index is 1250. The minimum Gasteiger partial charge on any atom is -0.502 e. The fourth-order valence-electron chi connectivity index (χ4n) is 2.71. The van der Waals surface area contributed by atoms with Gasteiger partial charge < -0.3 is 5.11 Å². The molecule has 4 rings (SSSR count). The number of azo groups is 1. The van der Waals surface area contributed by atoms with Gasteiger partial charge in [0.2, 0.25) is 26.4 Å². The molecule has 4 aromatic rings. The van der Waals surface area contributed by atoms with Gasteiger partial charge in [0.25, 0.3) is 0 Å². The molecule has 1 N–H and O–H groups in total. The first kappa shape index (κ1) is 18.6. The molecule has 1 aromatic heterocycles. The largest absolute Gasteiger partial charge is 0.502 e. The third-order valence-corrected chi connectivity index (χ3v) is 5.81. The summed E-state index contributed by atoms with van der Waals surface area (Å²) in [7, 11) is -4.05. The van der Waals surface area contributed by atoms with Crippen LogP contribution in [0, 0.1) is 0 Å². The maximum Gasteiger partial charge on any atom is 0.229 e. The standard InChI is InChI=1S/C21H16N4O3S/c26-19-20(23-22-16-10-4-1-5-11-16)25(17-12-6-2-7-13-17)24-21(19)29(27,28)18-14-8-3-9-15-18/h1-15,26H. The second-order valence-corrected chi connectivity index (χ2v) is 7.94. The molecule has 0 aliphatic heterocycles. The maximum atomic E-state index is 13.0. The highest BCUT2D eigenvalue weighted by atomic mass is 32.2. The van der Waals surface area contributed by atoms with Crippen molar-refractivity contribution in [3.8, 4) is 11.4 Å². The molecule has 1 heterocycles. The number of para-hydroxylation sites is 1. The van der Waals surface area contributed by atoms with E-state index in [1.54, 1.807) is 66.7 Å². The first-order valence-corrected chi connectivity index (χ1v) is 10.2. The van der Waals surface area contributed by atoms with Gasteiger partial charge in [-0.3, -0.25) is 0 Å².